The minimum Gasteiger partial charge on any atom is -0.497 e. The smallest absolute Gasteiger partial charge is 0.324 e. The molecular weight excluding hydrogens is 280 g/mol. The van der Waals surface area contributed by atoms with Crippen molar-refractivity contribution < 1.29 is 25.0 Å². The number of aliphatic hydroxyl groups is 1. The topological polar surface area (TPSA) is 196 Å². The Kier molecular flexibility index (Phi) is 6.47. The number of rotatable bonds is 4. The molecule has 20 heavy (non-hydrogen) atoms. The largest absolute Gasteiger partial charge is 0.497 e. The van der Waals surface area contributed by atoms with Gasteiger partial charge in [0.05, 0.1) is 33.5 Å². The van der Waals surface area contributed by atoms with E-state index in [4.69, 9.17) is 15.9 Å². The predicted molar refractivity (Wildman–Crippen MR) is 64.2 cm³/mol. The number of phenols is 1. The second-order valence-electron chi connectivity index (χ2n) is 3.12. The van der Waals surface area contributed by atoms with Crippen molar-refractivity contribution in [2.24, 2.45) is 5.73 Å². The zero-order chi connectivity index (χ0) is 15.9. The van der Waals surface area contributed by atoms with Gasteiger partial charge in [-0.3, -0.25) is 30.3 Å². The second-order valence-corrected chi connectivity index (χ2v) is 3.12. The molecule has 0 amide bonds. The van der Waals surface area contributed by atoms with Gasteiger partial charge in [0, 0.05) is 6.54 Å². The van der Waals surface area contributed by atoms with Gasteiger partial charge in [0.2, 0.25) is 0 Å². The second kappa shape index (κ2) is 7.55. The van der Waals surface area contributed by atoms with E-state index < -0.39 is 37.6 Å². The number of nitrogens with two attached hydrogens (primary N) is 1. The molecule has 0 aliphatic heterocycles. The number of non-ortho nitro benzene ring substituents is 1. The number of phenolic OH excluding ortho intramolecular Hbond substituents is 1. The van der Waals surface area contributed by atoms with Gasteiger partial charge in [0.1, 0.15) is 0 Å². The fourth-order valence-electron chi connectivity index (χ4n) is 0.974. The first kappa shape index (κ1) is 17.1. The molecule has 0 spiro atoms. The van der Waals surface area contributed by atoms with E-state index in [-0.39, 0.29) is 6.61 Å². The summed E-state index contributed by atoms with van der Waals surface area (Å²) < 4.78 is 0. The number of aliphatic hydroxyl groups excluding tert-OH is 1. The van der Waals surface area contributed by atoms with Crippen LogP contribution in [0.1, 0.15) is 0 Å². The average molecular weight is 290 g/mol. The van der Waals surface area contributed by atoms with Crippen molar-refractivity contribution in [3.05, 3.63) is 42.5 Å². The number of nitro groups is 3. The van der Waals surface area contributed by atoms with Gasteiger partial charge in [-0.2, -0.15) is 0 Å². The maximum absolute atomic E-state index is 10.4. The molecule has 1 aromatic carbocycles. The lowest BCUT2D eigenvalue weighted by Gasteiger charge is -1.97. The minimum absolute atomic E-state index is 0.0972. The molecule has 0 unspecified atom stereocenters. The van der Waals surface area contributed by atoms with E-state index in [1.807, 2.05) is 0 Å². The van der Waals surface area contributed by atoms with Gasteiger partial charge < -0.3 is 15.9 Å². The van der Waals surface area contributed by atoms with Crippen LogP contribution in [0.3, 0.4) is 0 Å². The summed E-state index contributed by atoms with van der Waals surface area (Å²) in [6.07, 6.45) is 0. The number of benzene rings is 1. The van der Waals surface area contributed by atoms with E-state index in [1.54, 1.807) is 0 Å². The summed E-state index contributed by atoms with van der Waals surface area (Å²) >= 11 is 0. The molecule has 0 aromatic heterocycles. The molecule has 0 saturated carbocycles. The fraction of sp³-hybridized carbons (Fsp3) is 0.250. The zero-order valence-corrected chi connectivity index (χ0v) is 9.83. The van der Waals surface area contributed by atoms with Crippen LogP contribution in [0.4, 0.5) is 17.1 Å². The number of nitro benzene ring substituents is 3. The fourth-order valence-corrected chi connectivity index (χ4v) is 0.974. The third-order valence-electron chi connectivity index (χ3n) is 1.79. The summed E-state index contributed by atoms with van der Waals surface area (Å²) in [4.78, 5) is 27.8. The summed E-state index contributed by atoms with van der Waals surface area (Å²) in [6.45, 7) is 0.472. The Hall–Kier alpha value is -2.86. The Labute approximate surface area is 110 Å². The van der Waals surface area contributed by atoms with E-state index in [2.05, 4.69) is 0 Å². The molecule has 0 aliphatic rings. The molecule has 4 N–H and O–H groups in total. The number of nitrogens with zero attached hydrogens (tertiary/aromatic N) is 3. The minimum atomic E-state index is -1.21. The van der Waals surface area contributed by atoms with E-state index in [9.17, 15) is 30.3 Å². The Balaban J connectivity index is 0.000000796. The monoisotopic (exact) mass is 290 g/mol. The molecule has 0 atom stereocenters. The SMILES string of the molecule is NCCO.O=[N+]([O-])c1cc([N+](=O)[O-])c(O)c([N+](=O)[O-])c1. The van der Waals surface area contributed by atoms with Crippen LogP contribution >= 0.6 is 0 Å². The van der Waals surface area contributed by atoms with Crippen molar-refractivity contribution in [1.29, 1.82) is 0 Å². The van der Waals surface area contributed by atoms with Crippen molar-refractivity contribution in [1.82, 2.24) is 0 Å². The third-order valence-corrected chi connectivity index (χ3v) is 1.79. The third kappa shape index (κ3) is 4.43. The number of hydrogen-bond donors (Lipinski definition) is 3. The molecule has 1 aromatic rings. The molecule has 1 rings (SSSR count). The van der Waals surface area contributed by atoms with E-state index in [0.29, 0.717) is 18.7 Å². The van der Waals surface area contributed by atoms with Crippen LogP contribution in [0.25, 0.3) is 0 Å². The predicted octanol–water partition coefficient (Wildman–Crippen LogP) is 0.0542. The summed E-state index contributed by atoms with van der Waals surface area (Å²) in [5.41, 5.74) is 1.78. The van der Waals surface area contributed by atoms with Crippen molar-refractivity contribution in [3.63, 3.8) is 0 Å². The van der Waals surface area contributed by atoms with Crippen LogP contribution in [0.5, 0.6) is 5.75 Å². The van der Waals surface area contributed by atoms with Gasteiger partial charge in [0.25, 0.3) is 11.4 Å². The zero-order valence-electron chi connectivity index (χ0n) is 9.83. The van der Waals surface area contributed by atoms with Crippen LogP contribution in [-0.2, 0) is 0 Å². The Morgan fingerprint density at radius 2 is 1.35 bits per heavy atom. The van der Waals surface area contributed by atoms with Crippen molar-refractivity contribution in [3.8, 4) is 5.75 Å². The normalized spacial score (nSPS) is 9.30. The molecule has 0 aliphatic carbocycles. The summed E-state index contributed by atoms with van der Waals surface area (Å²) in [5.74, 6) is -1.21. The van der Waals surface area contributed by atoms with E-state index in [1.165, 1.54) is 0 Å². The average Bonchev–Trinajstić information content (AvgIpc) is 2.38. The van der Waals surface area contributed by atoms with E-state index in [0.717, 1.165) is 0 Å². The van der Waals surface area contributed by atoms with Gasteiger partial charge >= 0.3 is 11.4 Å². The number of hydrogen-bond acceptors (Lipinski definition) is 9. The standard InChI is InChI=1S/C6H3N3O7.C2H7NO/c10-6-4(8(13)14)1-3(7(11)12)2-5(6)9(15)16;3-1-2-4/h1-2,10H;4H,1-3H2. The van der Waals surface area contributed by atoms with Crippen LogP contribution in [0.15, 0.2) is 12.1 Å². The molecule has 110 valence electrons. The first-order valence-corrected chi connectivity index (χ1v) is 4.87. The lowest BCUT2D eigenvalue weighted by Crippen LogP contribution is -2.02. The summed E-state index contributed by atoms with van der Waals surface area (Å²) in [5, 5.41) is 48.0. The summed E-state index contributed by atoms with van der Waals surface area (Å²) in [6, 6.07) is 0.894. The molecule has 0 bridgehead atoms. The van der Waals surface area contributed by atoms with Crippen molar-refractivity contribution in [2.75, 3.05) is 13.2 Å². The quantitative estimate of drug-likeness (QED) is 0.506. The summed E-state index contributed by atoms with van der Waals surface area (Å²) in [7, 11) is 0. The molecule has 0 fully saturated rings. The molecule has 0 saturated heterocycles. The van der Waals surface area contributed by atoms with Gasteiger partial charge in [-0.15, -0.1) is 0 Å². The lowest BCUT2D eigenvalue weighted by atomic mass is 10.2. The van der Waals surface area contributed by atoms with Crippen LogP contribution in [0, 0.1) is 30.3 Å². The van der Waals surface area contributed by atoms with Gasteiger partial charge in [0.15, 0.2) is 0 Å². The van der Waals surface area contributed by atoms with Gasteiger partial charge in [-0.05, 0) is 0 Å². The Morgan fingerprint density at radius 3 is 1.55 bits per heavy atom. The first-order valence-electron chi connectivity index (χ1n) is 4.87. The molecule has 0 radical (unpaired) electrons. The first-order chi connectivity index (χ1) is 9.26. The van der Waals surface area contributed by atoms with Crippen LogP contribution in [0.2, 0.25) is 0 Å². The van der Waals surface area contributed by atoms with E-state index >= 15 is 0 Å². The Morgan fingerprint density at radius 1 is 1.00 bits per heavy atom. The Bertz CT molecular complexity index is 494. The van der Waals surface area contributed by atoms with Gasteiger partial charge in [-0.25, -0.2) is 0 Å². The highest BCUT2D eigenvalue weighted by atomic mass is 16.6. The highest BCUT2D eigenvalue weighted by Gasteiger charge is 2.29. The van der Waals surface area contributed by atoms with Gasteiger partial charge in [-0.1, -0.05) is 0 Å². The van der Waals surface area contributed by atoms with Crippen molar-refractivity contribution in [2.45, 2.75) is 0 Å². The molecule has 0 heterocycles. The number of aromatic hydroxyl groups is 1. The molecular formula is C8H10N4O8. The van der Waals surface area contributed by atoms with Crippen LogP contribution in [-0.4, -0.2) is 38.1 Å². The highest BCUT2D eigenvalue weighted by Crippen LogP contribution is 2.38. The molecule has 12 heteroatoms. The maximum atomic E-state index is 10.4. The lowest BCUT2D eigenvalue weighted by molar-refractivity contribution is -0.404. The maximum Gasteiger partial charge on any atom is 0.324 e. The molecule has 12 nitrogen and oxygen atoms in total. The van der Waals surface area contributed by atoms with Crippen molar-refractivity contribution >= 4 is 17.1 Å². The highest BCUT2D eigenvalue weighted by molar-refractivity contribution is 5.64. The van der Waals surface area contributed by atoms with Crippen LogP contribution < -0.4 is 5.73 Å².